The van der Waals surface area contributed by atoms with Crippen molar-refractivity contribution in [3.63, 3.8) is 0 Å². The molecule has 0 saturated carbocycles. The lowest BCUT2D eigenvalue weighted by atomic mass is 10.2. The number of fused-ring (bicyclic) bond motifs is 1. The Balaban J connectivity index is 1.88. The van der Waals surface area contributed by atoms with Crippen LogP contribution in [0.5, 0.6) is 0 Å². The zero-order chi connectivity index (χ0) is 19.7. The van der Waals surface area contributed by atoms with Crippen LogP contribution in [0.25, 0.3) is 10.2 Å². The zero-order valence-electron chi connectivity index (χ0n) is 15.3. The highest BCUT2D eigenvalue weighted by Crippen LogP contribution is 2.29. The van der Waals surface area contributed by atoms with Crippen LogP contribution in [0.1, 0.15) is 35.9 Å². The third-order valence-electron chi connectivity index (χ3n) is 4.09. The predicted octanol–water partition coefficient (Wildman–Crippen LogP) is 4.32. The second-order valence-electron chi connectivity index (χ2n) is 6.24. The highest BCUT2D eigenvalue weighted by Gasteiger charge is 2.19. The molecule has 3 heterocycles. The first kappa shape index (κ1) is 19.6. The molecule has 9 heteroatoms. The standard InChI is InChI=1S/C18H18N4O2S3/c1-9(2)22-17(24)14-10(3)11(4)27-16(14)21-18(22)26-8-13(23)20-15-12(7-19)5-6-25-15/h5-6,9H,8H2,1-4H3,(H,20,23). The number of nitriles is 1. The fourth-order valence-corrected chi connectivity index (χ4v) is 5.38. The Hall–Kier alpha value is -2.15. The molecule has 0 aliphatic carbocycles. The quantitative estimate of drug-likeness (QED) is 0.492. The lowest BCUT2D eigenvalue weighted by Crippen LogP contribution is -2.25. The number of thiophene rings is 2. The minimum atomic E-state index is -0.234. The first-order chi connectivity index (χ1) is 12.8. The van der Waals surface area contributed by atoms with Gasteiger partial charge in [0.15, 0.2) is 5.16 Å². The van der Waals surface area contributed by atoms with E-state index in [-0.39, 0.29) is 23.3 Å². The maximum absolute atomic E-state index is 13.0. The molecule has 3 rings (SSSR count). The molecule has 6 nitrogen and oxygen atoms in total. The van der Waals surface area contributed by atoms with Gasteiger partial charge in [0.25, 0.3) is 5.56 Å². The summed E-state index contributed by atoms with van der Waals surface area (Å²) in [5, 5.41) is 15.3. The molecule has 0 unspecified atom stereocenters. The number of anilines is 1. The van der Waals surface area contributed by atoms with Crippen molar-refractivity contribution >= 4 is 55.6 Å². The molecule has 27 heavy (non-hydrogen) atoms. The molecule has 140 valence electrons. The van der Waals surface area contributed by atoms with Gasteiger partial charge in [-0.15, -0.1) is 22.7 Å². The average Bonchev–Trinajstić information content (AvgIpc) is 3.16. The van der Waals surface area contributed by atoms with E-state index in [1.165, 1.54) is 34.4 Å². The van der Waals surface area contributed by atoms with Crippen LogP contribution in [0.15, 0.2) is 21.4 Å². The Morgan fingerprint density at radius 3 is 2.85 bits per heavy atom. The van der Waals surface area contributed by atoms with E-state index >= 15 is 0 Å². The molecule has 0 aliphatic heterocycles. The van der Waals surface area contributed by atoms with E-state index < -0.39 is 0 Å². The zero-order valence-corrected chi connectivity index (χ0v) is 17.8. The molecule has 0 radical (unpaired) electrons. The summed E-state index contributed by atoms with van der Waals surface area (Å²) in [5.41, 5.74) is 1.35. The summed E-state index contributed by atoms with van der Waals surface area (Å²) in [6.45, 7) is 7.78. The van der Waals surface area contributed by atoms with Gasteiger partial charge in [-0.25, -0.2) is 4.98 Å². The molecule has 3 aromatic rings. The minimum absolute atomic E-state index is 0.0650. The third-order valence-corrected chi connectivity index (χ3v) is 6.97. The summed E-state index contributed by atoms with van der Waals surface area (Å²) in [4.78, 5) is 31.7. The first-order valence-electron chi connectivity index (χ1n) is 8.26. The first-order valence-corrected chi connectivity index (χ1v) is 10.9. The van der Waals surface area contributed by atoms with Crippen molar-refractivity contribution in [1.29, 1.82) is 5.26 Å². The van der Waals surface area contributed by atoms with E-state index in [4.69, 9.17) is 5.26 Å². The Labute approximate surface area is 168 Å². The average molecular weight is 419 g/mol. The summed E-state index contributed by atoms with van der Waals surface area (Å²) in [7, 11) is 0. The van der Waals surface area contributed by atoms with E-state index in [9.17, 15) is 9.59 Å². The summed E-state index contributed by atoms with van der Waals surface area (Å²) in [5.74, 6) is -0.126. The van der Waals surface area contributed by atoms with Crippen molar-refractivity contribution in [3.8, 4) is 6.07 Å². The van der Waals surface area contributed by atoms with Gasteiger partial charge in [-0.3, -0.25) is 14.2 Å². The smallest absolute Gasteiger partial charge is 0.263 e. The van der Waals surface area contributed by atoms with E-state index in [0.29, 0.717) is 25.9 Å². The third kappa shape index (κ3) is 3.78. The van der Waals surface area contributed by atoms with Crippen LogP contribution in [0.3, 0.4) is 0 Å². The number of amides is 1. The number of nitrogens with one attached hydrogen (secondary N) is 1. The molecule has 0 saturated heterocycles. The molecule has 0 bridgehead atoms. The topological polar surface area (TPSA) is 87.8 Å². The van der Waals surface area contributed by atoms with Crippen molar-refractivity contribution in [1.82, 2.24) is 9.55 Å². The second-order valence-corrected chi connectivity index (χ2v) is 9.30. The number of aryl methyl sites for hydroxylation is 2. The molecule has 3 aromatic heterocycles. The highest BCUT2D eigenvalue weighted by atomic mass is 32.2. The summed E-state index contributed by atoms with van der Waals surface area (Å²) >= 11 is 4.04. The van der Waals surface area contributed by atoms with Crippen LogP contribution in [0.4, 0.5) is 5.00 Å². The Morgan fingerprint density at radius 1 is 1.44 bits per heavy atom. The Morgan fingerprint density at radius 2 is 2.19 bits per heavy atom. The van der Waals surface area contributed by atoms with Crippen LogP contribution in [-0.2, 0) is 4.79 Å². The SMILES string of the molecule is Cc1sc2nc(SCC(=O)Nc3sccc3C#N)n(C(C)C)c(=O)c2c1C. The van der Waals surface area contributed by atoms with E-state index in [1.54, 1.807) is 16.0 Å². The van der Waals surface area contributed by atoms with Gasteiger partial charge >= 0.3 is 0 Å². The summed E-state index contributed by atoms with van der Waals surface area (Å²) in [6.07, 6.45) is 0. The lowest BCUT2D eigenvalue weighted by Gasteiger charge is -2.15. The van der Waals surface area contributed by atoms with Crippen molar-refractivity contribution in [2.75, 3.05) is 11.1 Å². The Bertz CT molecular complexity index is 1120. The number of carbonyl (C=O) groups excluding carboxylic acids is 1. The van der Waals surface area contributed by atoms with Crippen molar-refractivity contribution in [2.45, 2.75) is 38.9 Å². The number of aromatic nitrogens is 2. The van der Waals surface area contributed by atoms with Gasteiger partial charge in [0.1, 0.15) is 15.9 Å². The predicted molar refractivity (Wildman–Crippen MR) is 112 cm³/mol. The molecule has 0 aromatic carbocycles. The summed E-state index contributed by atoms with van der Waals surface area (Å²) < 4.78 is 1.64. The molecule has 1 amide bonds. The number of hydrogen-bond donors (Lipinski definition) is 1. The van der Waals surface area contributed by atoms with Crippen molar-refractivity contribution in [3.05, 3.63) is 37.8 Å². The van der Waals surface area contributed by atoms with E-state index in [0.717, 1.165) is 10.4 Å². The number of thioether (sulfide) groups is 1. The number of carbonyl (C=O) groups is 1. The largest absolute Gasteiger partial charge is 0.316 e. The highest BCUT2D eigenvalue weighted by molar-refractivity contribution is 7.99. The molecule has 0 aliphatic rings. The molecule has 1 N–H and O–H groups in total. The fourth-order valence-electron chi connectivity index (χ4n) is 2.63. The minimum Gasteiger partial charge on any atom is -0.316 e. The Kier molecular flexibility index (Phi) is 5.69. The molecule has 0 atom stereocenters. The van der Waals surface area contributed by atoms with Crippen LogP contribution in [0.2, 0.25) is 0 Å². The maximum atomic E-state index is 13.0. The lowest BCUT2D eigenvalue weighted by molar-refractivity contribution is -0.113. The van der Waals surface area contributed by atoms with Gasteiger partial charge in [-0.05, 0) is 44.7 Å². The van der Waals surface area contributed by atoms with Crippen LogP contribution in [0, 0.1) is 25.2 Å². The van der Waals surface area contributed by atoms with Crippen molar-refractivity contribution < 1.29 is 4.79 Å². The second kappa shape index (κ2) is 7.84. The van der Waals surface area contributed by atoms with Crippen LogP contribution >= 0.6 is 34.4 Å². The van der Waals surface area contributed by atoms with Gasteiger partial charge < -0.3 is 5.32 Å². The molecule has 0 fully saturated rings. The number of rotatable bonds is 5. The molecular formula is C18H18N4O2S3. The van der Waals surface area contributed by atoms with E-state index in [1.807, 2.05) is 33.8 Å². The number of hydrogen-bond acceptors (Lipinski definition) is 7. The van der Waals surface area contributed by atoms with Crippen molar-refractivity contribution in [2.24, 2.45) is 0 Å². The van der Waals surface area contributed by atoms with Gasteiger partial charge in [-0.2, -0.15) is 5.26 Å². The summed E-state index contributed by atoms with van der Waals surface area (Å²) in [6, 6.07) is 3.65. The molecule has 0 spiro atoms. The van der Waals surface area contributed by atoms with E-state index in [2.05, 4.69) is 10.3 Å². The van der Waals surface area contributed by atoms with Gasteiger partial charge in [0, 0.05) is 10.9 Å². The fraction of sp³-hybridized carbons (Fsp3) is 0.333. The monoisotopic (exact) mass is 418 g/mol. The van der Waals surface area contributed by atoms with Crippen LogP contribution < -0.4 is 10.9 Å². The van der Waals surface area contributed by atoms with Gasteiger partial charge in [0.05, 0.1) is 16.7 Å². The van der Waals surface area contributed by atoms with Gasteiger partial charge in [0.2, 0.25) is 5.91 Å². The van der Waals surface area contributed by atoms with Crippen LogP contribution in [-0.4, -0.2) is 21.2 Å². The number of nitrogens with zero attached hydrogens (tertiary/aromatic N) is 3. The maximum Gasteiger partial charge on any atom is 0.263 e. The van der Waals surface area contributed by atoms with Gasteiger partial charge in [-0.1, -0.05) is 11.8 Å². The normalized spacial score (nSPS) is 11.1. The molecular weight excluding hydrogens is 400 g/mol.